The van der Waals surface area contributed by atoms with E-state index in [-0.39, 0.29) is 0 Å². The van der Waals surface area contributed by atoms with E-state index in [9.17, 15) is 0 Å². The van der Waals surface area contributed by atoms with Crippen molar-refractivity contribution in [1.82, 2.24) is 9.97 Å². The average Bonchev–Trinajstić information content (AvgIpc) is 2.17. The molecule has 12 heavy (non-hydrogen) atoms. The van der Waals surface area contributed by atoms with Crippen molar-refractivity contribution in [2.75, 3.05) is 0 Å². The van der Waals surface area contributed by atoms with Gasteiger partial charge in [-0.05, 0) is 18.2 Å². The summed E-state index contributed by atoms with van der Waals surface area (Å²) < 4.78 is 0. The van der Waals surface area contributed by atoms with Gasteiger partial charge in [-0.1, -0.05) is 0 Å². The van der Waals surface area contributed by atoms with E-state index in [4.69, 9.17) is 5.26 Å². The molecule has 0 spiro atoms. The SMILES string of the molecule is N#Cc1[c]nc2cccnc2c1. The molecule has 3 nitrogen and oxygen atoms in total. The highest BCUT2D eigenvalue weighted by molar-refractivity contribution is 5.74. The van der Waals surface area contributed by atoms with Gasteiger partial charge in [-0.2, -0.15) is 5.26 Å². The Kier molecular flexibility index (Phi) is 1.45. The highest BCUT2D eigenvalue weighted by Gasteiger charge is 1.96. The Morgan fingerprint density at radius 3 is 3.17 bits per heavy atom. The van der Waals surface area contributed by atoms with Crippen LogP contribution in [0.4, 0.5) is 0 Å². The maximum Gasteiger partial charge on any atom is 0.109 e. The summed E-state index contributed by atoms with van der Waals surface area (Å²) in [6.45, 7) is 0. The maximum absolute atomic E-state index is 8.55. The van der Waals surface area contributed by atoms with Crippen molar-refractivity contribution >= 4 is 11.0 Å². The van der Waals surface area contributed by atoms with Crippen LogP contribution in [0.25, 0.3) is 11.0 Å². The highest BCUT2D eigenvalue weighted by atomic mass is 14.7. The van der Waals surface area contributed by atoms with E-state index in [0.717, 1.165) is 11.0 Å². The van der Waals surface area contributed by atoms with Crippen LogP contribution in [-0.4, -0.2) is 9.97 Å². The Bertz CT molecular complexity index is 457. The number of aromatic nitrogens is 2. The van der Waals surface area contributed by atoms with Crippen molar-refractivity contribution < 1.29 is 0 Å². The lowest BCUT2D eigenvalue weighted by Crippen LogP contribution is -1.84. The number of nitriles is 1. The third-order valence-corrected chi connectivity index (χ3v) is 1.51. The number of rotatable bonds is 0. The molecule has 3 heteroatoms. The fraction of sp³-hybridized carbons (Fsp3) is 0. The van der Waals surface area contributed by atoms with E-state index in [0.29, 0.717) is 5.56 Å². The van der Waals surface area contributed by atoms with Gasteiger partial charge < -0.3 is 0 Å². The van der Waals surface area contributed by atoms with Gasteiger partial charge >= 0.3 is 0 Å². The van der Waals surface area contributed by atoms with Crippen LogP contribution in [0.1, 0.15) is 5.56 Å². The third-order valence-electron chi connectivity index (χ3n) is 1.51. The van der Waals surface area contributed by atoms with Gasteiger partial charge in [-0.15, -0.1) is 0 Å². The van der Waals surface area contributed by atoms with Gasteiger partial charge in [0.15, 0.2) is 0 Å². The van der Waals surface area contributed by atoms with E-state index < -0.39 is 0 Å². The van der Waals surface area contributed by atoms with Gasteiger partial charge in [0.2, 0.25) is 0 Å². The molecule has 0 bridgehead atoms. The molecule has 0 aliphatic heterocycles. The summed E-state index contributed by atoms with van der Waals surface area (Å²) in [5.41, 5.74) is 1.91. The minimum Gasteiger partial charge on any atom is -0.255 e. The zero-order chi connectivity index (χ0) is 8.39. The van der Waals surface area contributed by atoms with E-state index in [1.807, 2.05) is 12.1 Å². The van der Waals surface area contributed by atoms with Crippen LogP contribution in [-0.2, 0) is 0 Å². The van der Waals surface area contributed by atoms with Crippen LogP contribution in [0, 0.1) is 17.5 Å². The molecular weight excluding hydrogens is 150 g/mol. The van der Waals surface area contributed by atoms with Crippen molar-refractivity contribution in [1.29, 1.82) is 5.26 Å². The normalized spacial score (nSPS) is 9.58. The van der Waals surface area contributed by atoms with Crippen LogP contribution < -0.4 is 0 Å². The van der Waals surface area contributed by atoms with Gasteiger partial charge in [-0.25, -0.2) is 4.98 Å². The summed E-state index contributed by atoms with van der Waals surface area (Å²) in [4.78, 5) is 8.00. The zero-order valence-corrected chi connectivity index (χ0v) is 6.15. The molecule has 2 rings (SSSR count). The first-order valence-electron chi connectivity index (χ1n) is 3.44. The van der Waals surface area contributed by atoms with Gasteiger partial charge in [0.1, 0.15) is 12.3 Å². The van der Waals surface area contributed by atoms with E-state index in [1.165, 1.54) is 0 Å². The summed E-state index contributed by atoms with van der Waals surface area (Å²) in [5.74, 6) is 0. The molecule has 2 heterocycles. The molecule has 2 aromatic heterocycles. The predicted molar refractivity (Wildman–Crippen MR) is 43.1 cm³/mol. The first-order chi connectivity index (χ1) is 5.90. The van der Waals surface area contributed by atoms with Crippen molar-refractivity contribution in [3.63, 3.8) is 0 Å². The predicted octanol–water partition coefficient (Wildman–Crippen LogP) is 1.30. The van der Waals surface area contributed by atoms with E-state index >= 15 is 0 Å². The molecule has 1 radical (unpaired) electrons. The Morgan fingerprint density at radius 2 is 2.33 bits per heavy atom. The fourth-order valence-electron chi connectivity index (χ4n) is 0.962. The summed E-state index contributed by atoms with van der Waals surface area (Å²) in [6.07, 6.45) is 4.28. The quantitative estimate of drug-likeness (QED) is 0.574. The first-order valence-corrected chi connectivity index (χ1v) is 3.44. The largest absolute Gasteiger partial charge is 0.255 e. The second-order valence-corrected chi connectivity index (χ2v) is 2.30. The van der Waals surface area contributed by atoms with E-state index in [1.54, 1.807) is 18.3 Å². The van der Waals surface area contributed by atoms with Gasteiger partial charge in [0.05, 0.1) is 16.6 Å². The second kappa shape index (κ2) is 2.59. The van der Waals surface area contributed by atoms with Crippen LogP contribution in [0.15, 0.2) is 24.4 Å². The van der Waals surface area contributed by atoms with Crippen molar-refractivity contribution in [3.8, 4) is 6.07 Å². The van der Waals surface area contributed by atoms with Crippen molar-refractivity contribution in [2.45, 2.75) is 0 Å². The molecule has 0 aliphatic rings. The van der Waals surface area contributed by atoms with Crippen LogP contribution in [0.2, 0.25) is 0 Å². The van der Waals surface area contributed by atoms with Crippen LogP contribution in [0.5, 0.6) is 0 Å². The monoisotopic (exact) mass is 154 g/mol. The Hall–Kier alpha value is -1.95. The van der Waals surface area contributed by atoms with E-state index in [2.05, 4.69) is 16.2 Å². The molecule has 0 saturated heterocycles. The van der Waals surface area contributed by atoms with Crippen LogP contribution >= 0.6 is 0 Å². The number of nitrogens with zero attached hydrogens (tertiary/aromatic N) is 3. The lowest BCUT2D eigenvalue weighted by Gasteiger charge is -1.93. The molecule has 0 aliphatic carbocycles. The minimum absolute atomic E-state index is 0.418. The Balaban J connectivity index is 2.78. The first kappa shape index (κ1) is 6.74. The average molecular weight is 154 g/mol. The molecule has 2 aromatic rings. The molecule has 0 atom stereocenters. The lowest BCUT2D eigenvalue weighted by molar-refractivity contribution is 1.31. The summed E-state index contributed by atoms with van der Waals surface area (Å²) in [7, 11) is 0. The molecule has 0 saturated carbocycles. The third kappa shape index (κ3) is 0.995. The molecular formula is C9H4N3. The molecule has 0 aromatic carbocycles. The summed E-state index contributed by atoms with van der Waals surface area (Å²) in [6, 6.07) is 7.26. The Labute approximate surface area is 69.3 Å². The van der Waals surface area contributed by atoms with Gasteiger partial charge in [0.25, 0.3) is 0 Å². The smallest absolute Gasteiger partial charge is 0.109 e. The standard InChI is InChI=1S/C9H4N3/c10-5-7-4-9-8(12-6-7)2-1-3-11-9/h1-4H. The number of hydrogen-bond donors (Lipinski definition) is 0. The summed E-state index contributed by atoms with van der Waals surface area (Å²) >= 11 is 0. The Morgan fingerprint density at radius 1 is 1.42 bits per heavy atom. The minimum atomic E-state index is 0.418. The molecule has 0 N–H and O–H groups in total. The topological polar surface area (TPSA) is 49.6 Å². The van der Waals surface area contributed by atoms with Gasteiger partial charge in [0, 0.05) is 6.20 Å². The summed E-state index contributed by atoms with van der Waals surface area (Å²) in [5, 5.41) is 8.55. The van der Waals surface area contributed by atoms with Crippen molar-refractivity contribution in [3.05, 3.63) is 36.2 Å². The fourth-order valence-corrected chi connectivity index (χ4v) is 0.962. The number of hydrogen-bond acceptors (Lipinski definition) is 3. The van der Waals surface area contributed by atoms with Crippen molar-refractivity contribution in [2.24, 2.45) is 0 Å². The lowest BCUT2D eigenvalue weighted by atomic mass is 10.2. The number of pyridine rings is 2. The number of fused-ring (bicyclic) bond motifs is 1. The molecule has 0 fully saturated rings. The van der Waals surface area contributed by atoms with Gasteiger partial charge in [-0.3, -0.25) is 4.98 Å². The van der Waals surface area contributed by atoms with Crippen LogP contribution in [0.3, 0.4) is 0 Å². The molecule has 0 unspecified atom stereocenters. The second-order valence-electron chi connectivity index (χ2n) is 2.30. The molecule has 0 amide bonds. The highest BCUT2D eigenvalue weighted by Crippen LogP contribution is 2.07. The maximum atomic E-state index is 8.55. The zero-order valence-electron chi connectivity index (χ0n) is 6.15. The molecule has 55 valence electrons.